The SMILES string of the molecule is CC(C)[C@H]1[C@H](O)[C@H](O)[C@@H](CO)N1Cc1cnn(-c2ccc(Cl)cc2)c1. The number of nitrogens with zero attached hydrogens (tertiary/aromatic N) is 3. The summed E-state index contributed by atoms with van der Waals surface area (Å²) < 4.78 is 1.76. The first kappa shape index (κ1) is 18.4. The van der Waals surface area contributed by atoms with Crippen LogP contribution in [-0.4, -0.2) is 60.9 Å². The highest BCUT2D eigenvalue weighted by Gasteiger charge is 2.48. The second kappa shape index (κ2) is 7.43. The summed E-state index contributed by atoms with van der Waals surface area (Å²) in [5.41, 5.74) is 1.84. The second-order valence-corrected chi connectivity index (χ2v) is 7.34. The Morgan fingerprint density at radius 2 is 1.84 bits per heavy atom. The number of likely N-dealkylation sites (tertiary alicyclic amines) is 1. The monoisotopic (exact) mass is 365 g/mol. The number of hydrogen-bond donors (Lipinski definition) is 3. The van der Waals surface area contributed by atoms with Crippen molar-refractivity contribution in [2.45, 2.75) is 44.7 Å². The molecule has 1 aliphatic rings. The molecule has 4 atom stereocenters. The Labute approximate surface area is 152 Å². The number of aliphatic hydroxyl groups is 3. The lowest BCUT2D eigenvalue weighted by Crippen LogP contribution is -2.43. The first-order chi connectivity index (χ1) is 11.9. The summed E-state index contributed by atoms with van der Waals surface area (Å²) in [6.45, 7) is 4.30. The summed E-state index contributed by atoms with van der Waals surface area (Å²) >= 11 is 5.92. The zero-order valence-corrected chi connectivity index (χ0v) is 15.1. The highest BCUT2D eigenvalue weighted by Crippen LogP contribution is 2.31. The molecule has 1 aromatic heterocycles. The molecule has 1 saturated heterocycles. The smallest absolute Gasteiger partial charge is 0.0991 e. The Bertz CT molecular complexity index is 704. The number of rotatable bonds is 5. The van der Waals surface area contributed by atoms with Crippen molar-refractivity contribution < 1.29 is 15.3 Å². The average molecular weight is 366 g/mol. The van der Waals surface area contributed by atoms with Gasteiger partial charge in [-0.15, -0.1) is 0 Å². The molecule has 6 nitrogen and oxygen atoms in total. The van der Waals surface area contributed by atoms with Crippen LogP contribution in [0.1, 0.15) is 19.4 Å². The molecule has 3 N–H and O–H groups in total. The number of hydrogen-bond acceptors (Lipinski definition) is 5. The molecule has 0 bridgehead atoms. The van der Waals surface area contributed by atoms with Crippen LogP contribution in [0.5, 0.6) is 0 Å². The maximum Gasteiger partial charge on any atom is 0.0991 e. The van der Waals surface area contributed by atoms with Crippen LogP contribution in [0.3, 0.4) is 0 Å². The summed E-state index contributed by atoms with van der Waals surface area (Å²) in [5.74, 6) is 0.146. The van der Waals surface area contributed by atoms with Crippen LogP contribution in [0.25, 0.3) is 5.69 Å². The van der Waals surface area contributed by atoms with Crippen LogP contribution < -0.4 is 0 Å². The van der Waals surface area contributed by atoms with Gasteiger partial charge in [0.2, 0.25) is 0 Å². The molecule has 1 aromatic carbocycles. The maximum atomic E-state index is 10.4. The third-order valence-corrected chi connectivity index (χ3v) is 5.12. The quantitative estimate of drug-likeness (QED) is 0.747. The minimum atomic E-state index is -0.955. The molecular weight excluding hydrogens is 342 g/mol. The van der Waals surface area contributed by atoms with E-state index in [1.54, 1.807) is 10.9 Å². The van der Waals surface area contributed by atoms with Crippen molar-refractivity contribution in [2.75, 3.05) is 6.61 Å². The van der Waals surface area contributed by atoms with Gasteiger partial charge in [-0.1, -0.05) is 25.4 Å². The van der Waals surface area contributed by atoms with Crippen molar-refractivity contribution in [1.29, 1.82) is 0 Å². The number of aliphatic hydroxyl groups excluding tert-OH is 3. The van der Waals surface area contributed by atoms with E-state index in [1.165, 1.54) is 0 Å². The van der Waals surface area contributed by atoms with Gasteiger partial charge in [0.05, 0.1) is 36.7 Å². The normalized spacial score (nSPS) is 27.3. The zero-order valence-electron chi connectivity index (χ0n) is 14.3. The molecule has 1 fully saturated rings. The van der Waals surface area contributed by atoms with E-state index in [9.17, 15) is 15.3 Å². The van der Waals surface area contributed by atoms with Crippen LogP contribution in [0.15, 0.2) is 36.7 Å². The van der Waals surface area contributed by atoms with Crippen molar-refractivity contribution in [3.05, 3.63) is 47.2 Å². The summed E-state index contributed by atoms with van der Waals surface area (Å²) in [5, 5.41) is 35.3. The van der Waals surface area contributed by atoms with Gasteiger partial charge in [-0.3, -0.25) is 4.90 Å². The van der Waals surface area contributed by atoms with Crippen molar-refractivity contribution >= 4 is 11.6 Å². The van der Waals surface area contributed by atoms with Gasteiger partial charge in [0, 0.05) is 29.4 Å². The van der Waals surface area contributed by atoms with Crippen LogP contribution in [0.4, 0.5) is 0 Å². The van der Waals surface area contributed by atoms with Crippen LogP contribution in [0.2, 0.25) is 5.02 Å². The lowest BCUT2D eigenvalue weighted by molar-refractivity contribution is 0.0145. The molecule has 0 aliphatic carbocycles. The highest BCUT2D eigenvalue weighted by molar-refractivity contribution is 6.30. The van der Waals surface area contributed by atoms with Crippen molar-refractivity contribution in [2.24, 2.45) is 5.92 Å². The third-order valence-electron chi connectivity index (χ3n) is 4.87. The fourth-order valence-corrected chi connectivity index (χ4v) is 3.77. The molecular formula is C18H24ClN3O3. The molecule has 25 heavy (non-hydrogen) atoms. The Morgan fingerprint density at radius 1 is 1.16 bits per heavy atom. The average Bonchev–Trinajstić information content (AvgIpc) is 3.12. The molecule has 3 rings (SSSR count). The molecule has 2 aromatic rings. The van der Waals surface area contributed by atoms with Gasteiger partial charge in [-0.25, -0.2) is 4.68 Å². The van der Waals surface area contributed by atoms with Crippen molar-refractivity contribution in [3.8, 4) is 5.69 Å². The van der Waals surface area contributed by atoms with Gasteiger partial charge in [-0.2, -0.15) is 5.10 Å². The van der Waals surface area contributed by atoms with Gasteiger partial charge in [-0.05, 0) is 30.2 Å². The molecule has 0 radical (unpaired) electrons. The van der Waals surface area contributed by atoms with Crippen LogP contribution in [-0.2, 0) is 6.54 Å². The fourth-order valence-electron chi connectivity index (χ4n) is 3.64. The van der Waals surface area contributed by atoms with Crippen molar-refractivity contribution in [3.63, 3.8) is 0 Å². The summed E-state index contributed by atoms with van der Waals surface area (Å²) in [4.78, 5) is 1.98. The maximum absolute atomic E-state index is 10.4. The van der Waals surface area contributed by atoms with E-state index in [0.29, 0.717) is 11.6 Å². The topological polar surface area (TPSA) is 81.8 Å². The summed E-state index contributed by atoms with van der Waals surface area (Å²) in [6.07, 6.45) is 1.84. The first-order valence-corrected chi connectivity index (χ1v) is 8.82. The van der Waals surface area contributed by atoms with E-state index < -0.39 is 18.2 Å². The van der Waals surface area contributed by atoms with Gasteiger partial charge in [0.15, 0.2) is 0 Å². The molecule has 7 heteroatoms. The molecule has 2 heterocycles. The number of benzene rings is 1. The van der Waals surface area contributed by atoms with Crippen LogP contribution >= 0.6 is 11.6 Å². The number of aromatic nitrogens is 2. The van der Waals surface area contributed by atoms with E-state index >= 15 is 0 Å². The third kappa shape index (κ3) is 3.59. The van der Waals surface area contributed by atoms with E-state index in [2.05, 4.69) is 5.10 Å². The fraction of sp³-hybridized carbons (Fsp3) is 0.500. The molecule has 0 spiro atoms. The van der Waals surface area contributed by atoms with Gasteiger partial charge in [0.1, 0.15) is 0 Å². The highest BCUT2D eigenvalue weighted by atomic mass is 35.5. The number of halogens is 1. The largest absolute Gasteiger partial charge is 0.395 e. The Kier molecular flexibility index (Phi) is 5.46. The van der Waals surface area contributed by atoms with Crippen LogP contribution in [0, 0.1) is 5.92 Å². The van der Waals surface area contributed by atoms with E-state index in [0.717, 1.165) is 11.3 Å². The Hall–Kier alpha value is -1.44. The zero-order chi connectivity index (χ0) is 18.1. The van der Waals surface area contributed by atoms with E-state index in [-0.39, 0.29) is 18.6 Å². The lowest BCUT2D eigenvalue weighted by atomic mass is 9.98. The molecule has 136 valence electrons. The molecule has 1 aliphatic heterocycles. The minimum absolute atomic E-state index is 0.146. The lowest BCUT2D eigenvalue weighted by Gasteiger charge is -2.31. The summed E-state index contributed by atoms with van der Waals surface area (Å²) in [6, 6.07) is 6.68. The Morgan fingerprint density at radius 3 is 2.44 bits per heavy atom. The second-order valence-electron chi connectivity index (χ2n) is 6.91. The van der Waals surface area contributed by atoms with Gasteiger partial charge >= 0.3 is 0 Å². The molecule has 0 unspecified atom stereocenters. The summed E-state index contributed by atoms with van der Waals surface area (Å²) in [7, 11) is 0. The standard InChI is InChI=1S/C18H24ClN3O3/c1-11(2)16-18(25)17(24)15(10-23)21(16)8-12-7-20-22(9-12)14-5-3-13(19)4-6-14/h3-7,9,11,15-18,23-25H,8,10H2,1-2H3/t15-,16+,17-,18+/m1/s1. The molecule has 0 saturated carbocycles. The minimum Gasteiger partial charge on any atom is -0.395 e. The predicted octanol–water partition coefficient (Wildman–Crippen LogP) is 1.45. The van der Waals surface area contributed by atoms with Gasteiger partial charge in [0.25, 0.3) is 0 Å². The van der Waals surface area contributed by atoms with E-state index in [4.69, 9.17) is 11.6 Å². The Balaban J connectivity index is 1.82. The van der Waals surface area contributed by atoms with Crippen molar-refractivity contribution in [1.82, 2.24) is 14.7 Å². The van der Waals surface area contributed by atoms with E-state index in [1.807, 2.05) is 49.2 Å². The van der Waals surface area contributed by atoms with Gasteiger partial charge < -0.3 is 15.3 Å². The first-order valence-electron chi connectivity index (χ1n) is 8.44. The predicted molar refractivity (Wildman–Crippen MR) is 95.6 cm³/mol. The molecule has 0 amide bonds.